The van der Waals surface area contributed by atoms with E-state index >= 15 is 0 Å². The first-order valence-electron chi connectivity index (χ1n) is 5.60. The second-order valence-corrected chi connectivity index (χ2v) is 3.81. The summed E-state index contributed by atoms with van der Waals surface area (Å²) in [4.78, 5) is 12.0. The number of carbonyl (C=O) groups excluding carboxylic acids is 1. The van der Waals surface area contributed by atoms with Gasteiger partial charge in [-0.25, -0.2) is 0 Å². The molecule has 0 fully saturated rings. The van der Waals surface area contributed by atoms with E-state index in [9.17, 15) is 4.79 Å². The smallest absolute Gasteiger partial charge is 0.255 e. The Morgan fingerprint density at radius 2 is 1.94 bits per heavy atom. The summed E-state index contributed by atoms with van der Waals surface area (Å²) < 4.78 is 15.2. The molecule has 0 aliphatic carbocycles. The van der Waals surface area contributed by atoms with Gasteiger partial charge in [-0.3, -0.25) is 4.79 Å². The van der Waals surface area contributed by atoms with Crippen LogP contribution in [-0.2, 0) is 9.47 Å². The van der Waals surface area contributed by atoms with Crippen LogP contribution >= 0.6 is 0 Å². The minimum Gasteiger partial charge on any atom is -0.496 e. The van der Waals surface area contributed by atoms with Gasteiger partial charge in [0.05, 0.1) is 19.2 Å². The second kappa shape index (κ2) is 6.98. The third-order valence-corrected chi connectivity index (χ3v) is 2.55. The van der Waals surface area contributed by atoms with Crippen LogP contribution in [0.1, 0.15) is 15.9 Å². The maximum atomic E-state index is 12.0. The van der Waals surface area contributed by atoms with E-state index in [-0.39, 0.29) is 12.5 Å². The predicted octanol–water partition coefficient (Wildman–Crippen LogP) is 1.35. The third-order valence-electron chi connectivity index (χ3n) is 2.55. The van der Waals surface area contributed by atoms with Gasteiger partial charge in [0.15, 0.2) is 6.29 Å². The van der Waals surface area contributed by atoms with Gasteiger partial charge in [0.1, 0.15) is 5.75 Å². The van der Waals surface area contributed by atoms with Crippen LogP contribution in [0, 0.1) is 6.92 Å². The zero-order chi connectivity index (χ0) is 13.5. The van der Waals surface area contributed by atoms with Gasteiger partial charge in [-0.2, -0.15) is 0 Å². The van der Waals surface area contributed by atoms with E-state index in [0.717, 1.165) is 5.56 Å². The Labute approximate surface area is 107 Å². The highest BCUT2D eigenvalue weighted by Crippen LogP contribution is 2.19. The zero-order valence-electron chi connectivity index (χ0n) is 11.1. The lowest BCUT2D eigenvalue weighted by molar-refractivity contribution is -0.0974. The van der Waals surface area contributed by atoms with Crippen LogP contribution < -0.4 is 10.1 Å². The Morgan fingerprint density at radius 1 is 1.28 bits per heavy atom. The van der Waals surface area contributed by atoms with Crippen LogP contribution in [0.3, 0.4) is 0 Å². The number of benzene rings is 1. The Balaban J connectivity index is 2.74. The highest BCUT2D eigenvalue weighted by molar-refractivity contribution is 5.97. The van der Waals surface area contributed by atoms with E-state index in [1.54, 1.807) is 12.1 Å². The van der Waals surface area contributed by atoms with Gasteiger partial charge in [0, 0.05) is 14.2 Å². The Kier molecular flexibility index (Phi) is 5.61. The molecule has 1 rings (SSSR count). The van der Waals surface area contributed by atoms with Crippen LogP contribution in [0.5, 0.6) is 5.75 Å². The van der Waals surface area contributed by atoms with Crippen LogP contribution in [0.15, 0.2) is 18.2 Å². The lowest BCUT2D eigenvalue weighted by Gasteiger charge is -2.15. The first kappa shape index (κ1) is 14.5. The monoisotopic (exact) mass is 253 g/mol. The minimum absolute atomic E-state index is 0.213. The fraction of sp³-hybridized carbons (Fsp3) is 0.462. The average molecular weight is 253 g/mol. The maximum Gasteiger partial charge on any atom is 0.255 e. The van der Waals surface area contributed by atoms with Crippen molar-refractivity contribution in [3.8, 4) is 5.75 Å². The lowest BCUT2D eigenvalue weighted by Crippen LogP contribution is -2.34. The molecule has 0 saturated carbocycles. The Bertz CT molecular complexity index is 402. The van der Waals surface area contributed by atoms with Crippen molar-refractivity contribution in [1.82, 2.24) is 5.32 Å². The summed E-state index contributed by atoms with van der Waals surface area (Å²) in [6.07, 6.45) is -0.454. The molecule has 1 N–H and O–H groups in total. The molecule has 0 unspecified atom stereocenters. The number of hydrogen-bond donors (Lipinski definition) is 1. The highest BCUT2D eigenvalue weighted by atomic mass is 16.7. The summed E-state index contributed by atoms with van der Waals surface area (Å²) in [6, 6.07) is 5.44. The molecule has 5 heteroatoms. The van der Waals surface area contributed by atoms with Crippen LogP contribution in [0.4, 0.5) is 0 Å². The molecule has 18 heavy (non-hydrogen) atoms. The van der Waals surface area contributed by atoms with Crippen molar-refractivity contribution in [1.29, 1.82) is 0 Å². The fourth-order valence-electron chi connectivity index (χ4n) is 1.53. The Morgan fingerprint density at radius 3 is 2.50 bits per heavy atom. The number of carbonyl (C=O) groups is 1. The van der Waals surface area contributed by atoms with Crippen molar-refractivity contribution in [3.63, 3.8) is 0 Å². The summed E-state index contributed by atoms with van der Waals surface area (Å²) in [5.41, 5.74) is 1.50. The van der Waals surface area contributed by atoms with Gasteiger partial charge in [-0.1, -0.05) is 11.6 Å². The first-order chi connectivity index (χ1) is 8.62. The summed E-state index contributed by atoms with van der Waals surface area (Å²) in [5, 5.41) is 2.73. The number of rotatable bonds is 6. The molecule has 0 aliphatic heterocycles. The van der Waals surface area contributed by atoms with E-state index in [0.29, 0.717) is 11.3 Å². The third kappa shape index (κ3) is 3.72. The molecular formula is C13H19NO4. The number of ether oxygens (including phenoxy) is 3. The molecule has 0 aromatic heterocycles. The van der Waals surface area contributed by atoms with Crippen molar-refractivity contribution in [3.05, 3.63) is 29.3 Å². The topological polar surface area (TPSA) is 56.8 Å². The number of amides is 1. The molecule has 1 aromatic carbocycles. The van der Waals surface area contributed by atoms with Crippen LogP contribution in [0.2, 0.25) is 0 Å². The van der Waals surface area contributed by atoms with E-state index in [4.69, 9.17) is 14.2 Å². The normalized spacial score (nSPS) is 10.5. The molecule has 0 spiro atoms. The van der Waals surface area contributed by atoms with Gasteiger partial charge < -0.3 is 19.5 Å². The zero-order valence-corrected chi connectivity index (χ0v) is 11.1. The van der Waals surface area contributed by atoms with Gasteiger partial charge in [0.2, 0.25) is 0 Å². The van der Waals surface area contributed by atoms with Crippen LogP contribution in [-0.4, -0.2) is 40.1 Å². The van der Waals surface area contributed by atoms with Crippen molar-refractivity contribution >= 4 is 5.91 Å². The molecule has 0 bridgehead atoms. The summed E-state index contributed by atoms with van der Waals surface area (Å²) in [5.74, 6) is 0.333. The summed E-state index contributed by atoms with van der Waals surface area (Å²) in [7, 11) is 4.58. The maximum absolute atomic E-state index is 12.0. The molecule has 0 aliphatic rings. The molecule has 100 valence electrons. The van der Waals surface area contributed by atoms with Gasteiger partial charge in [0.25, 0.3) is 5.91 Å². The number of nitrogens with one attached hydrogen (secondary N) is 1. The van der Waals surface area contributed by atoms with E-state index in [1.807, 2.05) is 13.0 Å². The first-order valence-corrected chi connectivity index (χ1v) is 5.60. The number of aryl methyl sites for hydroxylation is 1. The van der Waals surface area contributed by atoms with Gasteiger partial charge in [-0.05, 0) is 19.1 Å². The number of methoxy groups -OCH3 is 3. The molecular weight excluding hydrogens is 234 g/mol. The summed E-state index contributed by atoms with van der Waals surface area (Å²) >= 11 is 0. The standard InChI is InChI=1S/C13H19NO4/c1-9-5-6-11(16-2)10(7-9)13(15)14-8-12(17-3)18-4/h5-7,12H,8H2,1-4H3,(H,14,15). The van der Waals surface area contributed by atoms with E-state index < -0.39 is 6.29 Å². The second-order valence-electron chi connectivity index (χ2n) is 3.81. The summed E-state index contributed by atoms with van der Waals surface area (Å²) in [6.45, 7) is 2.20. The molecule has 5 nitrogen and oxygen atoms in total. The average Bonchev–Trinajstić information content (AvgIpc) is 2.39. The molecule has 1 aromatic rings. The number of hydrogen-bond acceptors (Lipinski definition) is 4. The molecule has 1 amide bonds. The molecule has 0 heterocycles. The van der Waals surface area contributed by atoms with E-state index in [1.165, 1.54) is 21.3 Å². The minimum atomic E-state index is -0.454. The SMILES string of the molecule is COc1ccc(C)cc1C(=O)NCC(OC)OC. The quantitative estimate of drug-likeness (QED) is 0.778. The van der Waals surface area contributed by atoms with Crippen molar-refractivity contribution in [2.75, 3.05) is 27.9 Å². The fourth-order valence-corrected chi connectivity index (χ4v) is 1.53. The van der Waals surface area contributed by atoms with Gasteiger partial charge >= 0.3 is 0 Å². The van der Waals surface area contributed by atoms with Crippen LogP contribution in [0.25, 0.3) is 0 Å². The lowest BCUT2D eigenvalue weighted by atomic mass is 10.1. The largest absolute Gasteiger partial charge is 0.496 e. The highest BCUT2D eigenvalue weighted by Gasteiger charge is 2.14. The molecule has 0 atom stereocenters. The van der Waals surface area contributed by atoms with Crippen molar-refractivity contribution in [2.24, 2.45) is 0 Å². The van der Waals surface area contributed by atoms with Crippen molar-refractivity contribution < 1.29 is 19.0 Å². The molecule has 0 radical (unpaired) electrons. The Hall–Kier alpha value is -1.59. The van der Waals surface area contributed by atoms with E-state index in [2.05, 4.69) is 5.32 Å². The van der Waals surface area contributed by atoms with Gasteiger partial charge in [-0.15, -0.1) is 0 Å². The van der Waals surface area contributed by atoms with Crippen molar-refractivity contribution in [2.45, 2.75) is 13.2 Å². The predicted molar refractivity (Wildman–Crippen MR) is 67.9 cm³/mol. The molecule has 0 saturated heterocycles.